The number of hydrogen-bond donors (Lipinski definition) is 1. The highest BCUT2D eigenvalue weighted by Crippen LogP contribution is 2.41. The van der Waals surface area contributed by atoms with Gasteiger partial charge in [-0.15, -0.1) is 0 Å². The summed E-state index contributed by atoms with van der Waals surface area (Å²) in [6, 6.07) is 41.9. The minimum absolute atomic E-state index is 0.897. The van der Waals surface area contributed by atoms with Gasteiger partial charge in [0.05, 0.1) is 11.1 Å². The first-order chi connectivity index (χ1) is 15.9. The number of nitrogens with one attached hydrogen (secondary N) is 1. The SMILES string of the molecule is c1ccc(-c2ccc(Nc3ccc(-c4ccccc4)c4oc5ccccc5c34)cc2)cc1. The summed E-state index contributed by atoms with van der Waals surface area (Å²) in [6.45, 7) is 0. The highest BCUT2D eigenvalue weighted by atomic mass is 16.3. The van der Waals surface area contributed by atoms with Crippen LogP contribution < -0.4 is 5.32 Å². The van der Waals surface area contributed by atoms with Crippen LogP contribution >= 0.6 is 0 Å². The van der Waals surface area contributed by atoms with Crippen molar-refractivity contribution in [2.24, 2.45) is 0 Å². The van der Waals surface area contributed by atoms with Crippen LogP contribution in [0.1, 0.15) is 0 Å². The van der Waals surface area contributed by atoms with Gasteiger partial charge < -0.3 is 9.73 Å². The van der Waals surface area contributed by atoms with E-state index < -0.39 is 0 Å². The van der Waals surface area contributed by atoms with Crippen molar-refractivity contribution in [3.63, 3.8) is 0 Å². The maximum Gasteiger partial charge on any atom is 0.145 e. The van der Waals surface area contributed by atoms with E-state index in [-0.39, 0.29) is 0 Å². The summed E-state index contributed by atoms with van der Waals surface area (Å²) >= 11 is 0. The second-order valence-electron chi connectivity index (χ2n) is 7.90. The van der Waals surface area contributed by atoms with Crippen LogP contribution in [0.5, 0.6) is 0 Å². The molecule has 0 aliphatic carbocycles. The van der Waals surface area contributed by atoms with E-state index in [0.717, 1.165) is 44.4 Å². The Hall–Kier alpha value is -4.30. The second-order valence-corrected chi connectivity index (χ2v) is 7.90. The average Bonchev–Trinajstić information content (AvgIpc) is 3.26. The molecular formula is C30H21NO. The molecule has 0 bridgehead atoms. The van der Waals surface area contributed by atoms with Crippen LogP contribution in [0.15, 0.2) is 126 Å². The van der Waals surface area contributed by atoms with Crippen LogP contribution in [-0.4, -0.2) is 0 Å². The fraction of sp³-hybridized carbons (Fsp3) is 0. The molecule has 1 heterocycles. The van der Waals surface area contributed by atoms with Gasteiger partial charge >= 0.3 is 0 Å². The van der Waals surface area contributed by atoms with E-state index in [1.165, 1.54) is 11.1 Å². The Morgan fingerprint density at radius 2 is 1.12 bits per heavy atom. The molecule has 0 atom stereocenters. The van der Waals surface area contributed by atoms with E-state index in [1.54, 1.807) is 0 Å². The lowest BCUT2D eigenvalue weighted by Crippen LogP contribution is -1.92. The maximum atomic E-state index is 6.35. The lowest BCUT2D eigenvalue weighted by Gasteiger charge is -2.11. The molecule has 0 aliphatic rings. The second kappa shape index (κ2) is 7.75. The highest BCUT2D eigenvalue weighted by molar-refractivity contribution is 6.15. The third-order valence-corrected chi connectivity index (χ3v) is 5.88. The van der Waals surface area contributed by atoms with Gasteiger partial charge in [-0.2, -0.15) is 0 Å². The molecule has 0 spiro atoms. The molecule has 0 fully saturated rings. The summed E-state index contributed by atoms with van der Waals surface area (Å²) in [5.74, 6) is 0. The summed E-state index contributed by atoms with van der Waals surface area (Å²) < 4.78 is 6.35. The zero-order valence-electron chi connectivity index (χ0n) is 17.5. The maximum absolute atomic E-state index is 6.35. The van der Waals surface area contributed by atoms with Gasteiger partial charge in [0, 0.05) is 16.6 Å². The van der Waals surface area contributed by atoms with E-state index >= 15 is 0 Å². The first-order valence-electron chi connectivity index (χ1n) is 10.8. The Morgan fingerprint density at radius 1 is 0.500 bits per heavy atom. The van der Waals surface area contributed by atoms with Crippen molar-refractivity contribution >= 4 is 33.3 Å². The summed E-state index contributed by atoms with van der Waals surface area (Å²) in [5, 5.41) is 5.84. The zero-order chi connectivity index (χ0) is 21.3. The fourth-order valence-corrected chi connectivity index (χ4v) is 4.31. The summed E-state index contributed by atoms with van der Waals surface area (Å²) in [7, 11) is 0. The Labute approximate surface area is 186 Å². The number of para-hydroxylation sites is 1. The molecule has 2 heteroatoms. The predicted molar refractivity (Wildman–Crippen MR) is 134 cm³/mol. The van der Waals surface area contributed by atoms with Crippen molar-refractivity contribution in [2.75, 3.05) is 5.32 Å². The van der Waals surface area contributed by atoms with Crippen LogP contribution in [0.2, 0.25) is 0 Å². The number of anilines is 2. The van der Waals surface area contributed by atoms with Crippen LogP contribution in [0.3, 0.4) is 0 Å². The molecule has 0 amide bonds. The Balaban J connectivity index is 1.46. The molecule has 0 saturated carbocycles. The molecule has 2 nitrogen and oxygen atoms in total. The van der Waals surface area contributed by atoms with Gasteiger partial charge in [0.15, 0.2) is 0 Å². The molecule has 6 aromatic rings. The van der Waals surface area contributed by atoms with Crippen molar-refractivity contribution in [3.05, 3.63) is 121 Å². The normalized spacial score (nSPS) is 11.1. The molecular weight excluding hydrogens is 390 g/mol. The van der Waals surface area contributed by atoms with E-state index in [4.69, 9.17) is 4.42 Å². The largest absolute Gasteiger partial charge is 0.455 e. The highest BCUT2D eigenvalue weighted by Gasteiger charge is 2.16. The van der Waals surface area contributed by atoms with E-state index in [2.05, 4.69) is 102 Å². The van der Waals surface area contributed by atoms with E-state index in [0.29, 0.717) is 0 Å². The van der Waals surface area contributed by atoms with Crippen molar-refractivity contribution in [1.82, 2.24) is 0 Å². The molecule has 32 heavy (non-hydrogen) atoms. The molecule has 0 unspecified atom stereocenters. The van der Waals surface area contributed by atoms with Crippen LogP contribution in [-0.2, 0) is 0 Å². The minimum atomic E-state index is 0.897. The van der Waals surface area contributed by atoms with Gasteiger partial charge in [-0.1, -0.05) is 91.0 Å². The first kappa shape index (κ1) is 18.5. The molecule has 1 aromatic heterocycles. The Kier molecular flexibility index (Phi) is 4.47. The van der Waals surface area contributed by atoms with E-state index in [1.807, 2.05) is 24.3 Å². The van der Waals surface area contributed by atoms with Crippen LogP contribution in [0, 0.1) is 0 Å². The molecule has 152 valence electrons. The molecule has 1 N–H and O–H groups in total. The Bertz CT molecular complexity index is 1510. The molecule has 5 aromatic carbocycles. The first-order valence-corrected chi connectivity index (χ1v) is 10.8. The lowest BCUT2D eigenvalue weighted by atomic mass is 10.0. The van der Waals surface area contributed by atoms with Gasteiger partial charge in [0.2, 0.25) is 0 Å². The third-order valence-electron chi connectivity index (χ3n) is 5.88. The van der Waals surface area contributed by atoms with Crippen molar-refractivity contribution in [2.45, 2.75) is 0 Å². The van der Waals surface area contributed by atoms with E-state index in [9.17, 15) is 0 Å². The third kappa shape index (κ3) is 3.23. The quantitative estimate of drug-likeness (QED) is 0.314. The molecule has 0 aliphatic heterocycles. The number of rotatable bonds is 4. The predicted octanol–water partition coefficient (Wildman–Crippen LogP) is 8.66. The average molecular weight is 412 g/mol. The monoisotopic (exact) mass is 411 g/mol. The molecule has 0 radical (unpaired) electrons. The van der Waals surface area contributed by atoms with Gasteiger partial charge in [-0.3, -0.25) is 0 Å². The van der Waals surface area contributed by atoms with Crippen LogP contribution in [0.4, 0.5) is 11.4 Å². The number of benzene rings is 5. The summed E-state index contributed by atoms with van der Waals surface area (Å²) in [6.07, 6.45) is 0. The van der Waals surface area contributed by atoms with Crippen LogP contribution in [0.25, 0.3) is 44.2 Å². The summed E-state index contributed by atoms with van der Waals surface area (Å²) in [5.41, 5.74) is 8.55. The minimum Gasteiger partial charge on any atom is -0.455 e. The summed E-state index contributed by atoms with van der Waals surface area (Å²) in [4.78, 5) is 0. The van der Waals surface area contributed by atoms with Gasteiger partial charge in [0.1, 0.15) is 11.2 Å². The number of hydrogen-bond acceptors (Lipinski definition) is 2. The van der Waals surface area contributed by atoms with Gasteiger partial charge in [-0.05, 0) is 47.0 Å². The molecule has 6 rings (SSSR count). The van der Waals surface area contributed by atoms with Crippen molar-refractivity contribution in [3.8, 4) is 22.3 Å². The van der Waals surface area contributed by atoms with Crippen molar-refractivity contribution in [1.29, 1.82) is 0 Å². The zero-order valence-corrected chi connectivity index (χ0v) is 17.5. The standard InChI is InChI=1S/C30H21NO/c1-3-9-21(10-4-1)22-15-17-24(18-16-22)31-27-20-19-25(23-11-5-2-6-12-23)30-29(27)26-13-7-8-14-28(26)32-30/h1-20,31H. The number of fused-ring (bicyclic) bond motifs is 3. The van der Waals surface area contributed by atoms with Gasteiger partial charge in [0.25, 0.3) is 0 Å². The topological polar surface area (TPSA) is 25.2 Å². The van der Waals surface area contributed by atoms with Crippen molar-refractivity contribution < 1.29 is 4.42 Å². The smallest absolute Gasteiger partial charge is 0.145 e. The lowest BCUT2D eigenvalue weighted by molar-refractivity contribution is 0.670. The molecule has 0 saturated heterocycles. The van der Waals surface area contributed by atoms with Gasteiger partial charge in [-0.25, -0.2) is 0 Å². The fourth-order valence-electron chi connectivity index (χ4n) is 4.31. The Morgan fingerprint density at radius 3 is 1.88 bits per heavy atom. The number of furan rings is 1.